The van der Waals surface area contributed by atoms with E-state index in [4.69, 9.17) is 0 Å². The molecule has 27 heavy (non-hydrogen) atoms. The Kier molecular flexibility index (Phi) is 4.85. The van der Waals surface area contributed by atoms with E-state index in [1.54, 1.807) is 18.0 Å². The third-order valence-corrected chi connectivity index (χ3v) is 6.18. The molecule has 3 heterocycles. The Morgan fingerprint density at radius 2 is 1.67 bits per heavy atom. The molecule has 2 saturated heterocycles. The fourth-order valence-corrected chi connectivity index (χ4v) is 4.64. The minimum atomic E-state index is -0.711. The Morgan fingerprint density at radius 1 is 1.04 bits per heavy atom. The van der Waals surface area contributed by atoms with E-state index in [1.165, 1.54) is 4.90 Å². The predicted molar refractivity (Wildman–Crippen MR) is 99.8 cm³/mol. The Hall–Kier alpha value is -2.44. The molecule has 3 unspecified atom stereocenters. The summed E-state index contributed by atoms with van der Waals surface area (Å²) in [6, 6.07) is 5.08. The zero-order valence-electron chi connectivity index (χ0n) is 15.7. The number of hydrogen-bond acceptors (Lipinski definition) is 5. The van der Waals surface area contributed by atoms with Gasteiger partial charge in [0.25, 0.3) is 0 Å². The van der Waals surface area contributed by atoms with Crippen molar-refractivity contribution < 1.29 is 14.4 Å². The normalized spacial score (nSPS) is 26.9. The standard InChI is InChI=1S/C20H26N4O3/c1-14(24-19(26)15-6-2-3-7-16(15)20(24)27)18(25)23-12-10-22(11-13-23)17-8-4-5-9-21-17/h4-5,8-9,14-16H,2-3,6-7,10-13H2,1H3. The lowest BCUT2D eigenvalue weighted by Gasteiger charge is -2.37. The Morgan fingerprint density at radius 3 is 2.22 bits per heavy atom. The number of carbonyl (C=O) groups excluding carboxylic acids is 3. The van der Waals surface area contributed by atoms with Gasteiger partial charge in [0, 0.05) is 32.4 Å². The zero-order chi connectivity index (χ0) is 19.0. The van der Waals surface area contributed by atoms with Crippen LogP contribution < -0.4 is 4.90 Å². The molecule has 0 N–H and O–H groups in total. The van der Waals surface area contributed by atoms with Crippen molar-refractivity contribution in [2.24, 2.45) is 11.8 Å². The van der Waals surface area contributed by atoms with Crippen LogP contribution in [0.5, 0.6) is 0 Å². The first-order valence-corrected chi connectivity index (χ1v) is 9.89. The average molecular weight is 370 g/mol. The number of imide groups is 1. The summed E-state index contributed by atoms with van der Waals surface area (Å²) in [5, 5.41) is 0. The van der Waals surface area contributed by atoms with Crippen LogP contribution in [-0.4, -0.2) is 64.7 Å². The van der Waals surface area contributed by atoms with Crippen LogP contribution in [0.25, 0.3) is 0 Å². The van der Waals surface area contributed by atoms with E-state index in [9.17, 15) is 14.4 Å². The van der Waals surface area contributed by atoms with Crippen molar-refractivity contribution in [2.75, 3.05) is 31.1 Å². The van der Waals surface area contributed by atoms with Crippen LogP contribution in [0.4, 0.5) is 5.82 Å². The van der Waals surface area contributed by atoms with E-state index < -0.39 is 6.04 Å². The molecule has 7 heteroatoms. The average Bonchev–Trinajstić information content (AvgIpc) is 2.98. The van der Waals surface area contributed by atoms with Gasteiger partial charge in [-0.05, 0) is 31.9 Å². The van der Waals surface area contributed by atoms with Crippen LogP contribution in [0.15, 0.2) is 24.4 Å². The fourth-order valence-electron chi connectivity index (χ4n) is 4.64. The molecular formula is C20H26N4O3. The van der Waals surface area contributed by atoms with Gasteiger partial charge in [-0.15, -0.1) is 0 Å². The molecular weight excluding hydrogens is 344 g/mol. The first-order chi connectivity index (χ1) is 13.1. The molecule has 7 nitrogen and oxygen atoms in total. The van der Waals surface area contributed by atoms with Crippen molar-refractivity contribution in [3.05, 3.63) is 24.4 Å². The van der Waals surface area contributed by atoms with E-state index in [2.05, 4.69) is 9.88 Å². The lowest BCUT2D eigenvalue weighted by atomic mass is 9.81. The summed E-state index contributed by atoms with van der Waals surface area (Å²) in [5.41, 5.74) is 0. The van der Waals surface area contributed by atoms with Gasteiger partial charge >= 0.3 is 0 Å². The molecule has 3 amide bonds. The highest BCUT2D eigenvalue weighted by molar-refractivity contribution is 6.08. The van der Waals surface area contributed by atoms with Gasteiger partial charge in [-0.2, -0.15) is 0 Å². The van der Waals surface area contributed by atoms with Gasteiger partial charge in [-0.1, -0.05) is 18.9 Å². The predicted octanol–water partition coefficient (Wildman–Crippen LogP) is 1.29. The highest BCUT2D eigenvalue weighted by Gasteiger charge is 2.51. The van der Waals surface area contributed by atoms with Crippen LogP contribution in [0.3, 0.4) is 0 Å². The SMILES string of the molecule is CC(C(=O)N1CCN(c2ccccn2)CC1)N1C(=O)C2CCCCC2C1=O. The number of hydrogen-bond donors (Lipinski definition) is 0. The maximum absolute atomic E-state index is 13.0. The topological polar surface area (TPSA) is 73.8 Å². The highest BCUT2D eigenvalue weighted by Crippen LogP contribution is 2.39. The summed E-state index contributed by atoms with van der Waals surface area (Å²) >= 11 is 0. The van der Waals surface area contributed by atoms with Gasteiger partial charge in [-0.3, -0.25) is 19.3 Å². The molecule has 0 bridgehead atoms. The van der Waals surface area contributed by atoms with E-state index in [0.717, 1.165) is 31.5 Å². The number of piperazine rings is 1. The number of likely N-dealkylation sites (tertiary alicyclic amines) is 1. The van der Waals surface area contributed by atoms with Gasteiger partial charge < -0.3 is 9.80 Å². The molecule has 144 valence electrons. The number of rotatable bonds is 3. The van der Waals surface area contributed by atoms with Crippen molar-refractivity contribution in [3.8, 4) is 0 Å². The van der Waals surface area contributed by atoms with E-state index >= 15 is 0 Å². The third-order valence-electron chi connectivity index (χ3n) is 6.18. The summed E-state index contributed by atoms with van der Waals surface area (Å²) in [6.45, 7) is 4.23. The fraction of sp³-hybridized carbons (Fsp3) is 0.600. The lowest BCUT2D eigenvalue weighted by Crippen LogP contribution is -2.55. The largest absolute Gasteiger partial charge is 0.353 e. The van der Waals surface area contributed by atoms with E-state index in [1.807, 2.05) is 18.2 Å². The second-order valence-electron chi connectivity index (χ2n) is 7.72. The first kappa shape index (κ1) is 17.9. The van der Waals surface area contributed by atoms with Crippen molar-refractivity contribution in [1.29, 1.82) is 0 Å². The molecule has 2 aliphatic heterocycles. The molecule has 3 atom stereocenters. The summed E-state index contributed by atoms with van der Waals surface area (Å²) in [7, 11) is 0. The quantitative estimate of drug-likeness (QED) is 0.750. The summed E-state index contributed by atoms with van der Waals surface area (Å²) in [4.78, 5) is 48.0. The van der Waals surface area contributed by atoms with Crippen molar-refractivity contribution in [2.45, 2.75) is 38.6 Å². The molecule has 1 saturated carbocycles. The van der Waals surface area contributed by atoms with Crippen molar-refractivity contribution in [3.63, 3.8) is 0 Å². The number of carbonyl (C=O) groups is 3. The maximum atomic E-state index is 13.0. The first-order valence-electron chi connectivity index (χ1n) is 9.89. The maximum Gasteiger partial charge on any atom is 0.245 e. The second kappa shape index (κ2) is 7.29. The van der Waals surface area contributed by atoms with Crippen LogP contribution in [0.2, 0.25) is 0 Å². The monoisotopic (exact) mass is 370 g/mol. The Balaban J connectivity index is 1.40. The molecule has 3 fully saturated rings. The van der Waals surface area contributed by atoms with Gasteiger partial charge in [0.15, 0.2) is 0 Å². The number of anilines is 1. The number of amides is 3. The summed E-state index contributed by atoms with van der Waals surface area (Å²) < 4.78 is 0. The number of pyridine rings is 1. The minimum absolute atomic E-state index is 0.129. The van der Waals surface area contributed by atoms with Crippen molar-refractivity contribution in [1.82, 2.24) is 14.8 Å². The van der Waals surface area contributed by atoms with Gasteiger partial charge in [0.05, 0.1) is 11.8 Å². The van der Waals surface area contributed by atoms with Crippen molar-refractivity contribution >= 4 is 23.5 Å². The molecule has 0 radical (unpaired) electrons. The van der Waals surface area contributed by atoms with Gasteiger partial charge in [-0.25, -0.2) is 4.98 Å². The zero-order valence-corrected chi connectivity index (χ0v) is 15.7. The summed E-state index contributed by atoms with van der Waals surface area (Å²) in [6.07, 6.45) is 5.29. The van der Waals surface area contributed by atoms with Crippen LogP contribution >= 0.6 is 0 Å². The molecule has 1 aliphatic carbocycles. The highest BCUT2D eigenvalue weighted by atomic mass is 16.2. The van der Waals surface area contributed by atoms with Gasteiger partial charge in [0.2, 0.25) is 17.7 Å². The molecule has 1 aromatic rings. The minimum Gasteiger partial charge on any atom is -0.353 e. The third kappa shape index (κ3) is 3.19. The number of nitrogens with zero attached hydrogens (tertiary/aromatic N) is 4. The van der Waals surface area contributed by atoms with Crippen LogP contribution in [-0.2, 0) is 14.4 Å². The van der Waals surface area contributed by atoms with E-state index in [-0.39, 0.29) is 29.6 Å². The summed E-state index contributed by atoms with van der Waals surface area (Å²) in [5.74, 6) is 0.0861. The van der Waals surface area contributed by atoms with Crippen LogP contribution in [0, 0.1) is 11.8 Å². The molecule has 4 rings (SSSR count). The lowest BCUT2D eigenvalue weighted by molar-refractivity contribution is -0.151. The molecule has 0 aromatic carbocycles. The number of aromatic nitrogens is 1. The molecule has 0 spiro atoms. The smallest absolute Gasteiger partial charge is 0.245 e. The second-order valence-corrected chi connectivity index (χ2v) is 7.72. The Bertz CT molecular complexity index is 706. The Labute approximate surface area is 159 Å². The van der Waals surface area contributed by atoms with Crippen LogP contribution in [0.1, 0.15) is 32.6 Å². The molecule has 3 aliphatic rings. The van der Waals surface area contributed by atoms with E-state index in [0.29, 0.717) is 26.2 Å². The number of fused-ring (bicyclic) bond motifs is 1. The van der Waals surface area contributed by atoms with Gasteiger partial charge in [0.1, 0.15) is 11.9 Å². The molecule has 1 aromatic heterocycles.